The second-order valence-electron chi connectivity index (χ2n) is 4.41. The third-order valence-corrected chi connectivity index (χ3v) is 4.07. The second-order valence-corrected chi connectivity index (χ2v) is 5.35. The summed E-state index contributed by atoms with van der Waals surface area (Å²) in [6, 6.07) is 3.77. The van der Waals surface area contributed by atoms with Crippen LogP contribution >= 0.6 is 11.3 Å². The molecule has 0 bridgehead atoms. The van der Waals surface area contributed by atoms with Crippen LogP contribution in [0.3, 0.4) is 0 Å². The van der Waals surface area contributed by atoms with E-state index in [1.54, 1.807) is 0 Å². The highest BCUT2D eigenvalue weighted by Gasteiger charge is 2.37. The molecule has 0 saturated heterocycles. The van der Waals surface area contributed by atoms with Crippen LogP contribution in [0.15, 0.2) is 17.5 Å². The summed E-state index contributed by atoms with van der Waals surface area (Å²) in [6.45, 7) is 1.99. The molecule has 0 aliphatic heterocycles. The van der Waals surface area contributed by atoms with Gasteiger partial charge in [0, 0.05) is 18.3 Å². The minimum Gasteiger partial charge on any atom is -0.300 e. The summed E-state index contributed by atoms with van der Waals surface area (Å²) < 4.78 is 0. The molecule has 3 heteroatoms. The van der Waals surface area contributed by atoms with Crippen LogP contribution in [-0.4, -0.2) is 11.6 Å². The van der Waals surface area contributed by atoms with E-state index in [1.165, 1.54) is 11.3 Å². The summed E-state index contributed by atoms with van der Waals surface area (Å²) >= 11 is 1.49. The van der Waals surface area contributed by atoms with Gasteiger partial charge >= 0.3 is 0 Å². The van der Waals surface area contributed by atoms with E-state index in [1.807, 2.05) is 24.4 Å². The fourth-order valence-corrected chi connectivity index (χ4v) is 2.83. The Morgan fingerprint density at radius 3 is 2.60 bits per heavy atom. The molecule has 1 aliphatic carbocycles. The van der Waals surface area contributed by atoms with Gasteiger partial charge in [-0.15, -0.1) is 11.3 Å². The SMILES string of the molecule is CC1(C(=O)c2cccs2)CCC(=O)CC1. The van der Waals surface area contributed by atoms with Crippen molar-refractivity contribution in [2.24, 2.45) is 5.41 Å². The minimum absolute atomic E-state index is 0.213. The molecule has 1 fully saturated rings. The zero-order valence-electron chi connectivity index (χ0n) is 8.79. The van der Waals surface area contributed by atoms with Gasteiger partial charge in [0.25, 0.3) is 0 Å². The largest absolute Gasteiger partial charge is 0.300 e. The topological polar surface area (TPSA) is 34.1 Å². The molecule has 80 valence electrons. The Morgan fingerprint density at radius 2 is 2.07 bits per heavy atom. The van der Waals surface area contributed by atoms with E-state index in [4.69, 9.17) is 0 Å². The van der Waals surface area contributed by atoms with Crippen molar-refractivity contribution in [2.75, 3.05) is 0 Å². The van der Waals surface area contributed by atoms with Crippen molar-refractivity contribution in [3.63, 3.8) is 0 Å². The lowest BCUT2D eigenvalue weighted by Gasteiger charge is -2.30. The molecule has 1 aromatic heterocycles. The van der Waals surface area contributed by atoms with Crippen LogP contribution in [0.4, 0.5) is 0 Å². The summed E-state index contributed by atoms with van der Waals surface area (Å²) in [5.41, 5.74) is -0.307. The minimum atomic E-state index is -0.307. The number of Topliss-reactive ketones (excluding diaryl/α,β-unsaturated/α-hetero) is 2. The molecule has 2 rings (SSSR count). The first-order chi connectivity index (χ1) is 7.12. The maximum absolute atomic E-state index is 12.2. The van der Waals surface area contributed by atoms with Crippen LogP contribution in [0, 0.1) is 5.41 Å². The van der Waals surface area contributed by atoms with Gasteiger partial charge in [-0.2, -0.15) is 0 Å². The number of hydrogen-bond acceptors (Lipinski definition) is 3. The molecule has 2 nitrogen and oxygen atoms in total. The molecule has 0 atom stereocenters. The van der Waals surface area contributed by atoms with Crippen LogP contribution in [0.2, 0.25) is 0 Å². The maximum atomic E-state index is 12.2. The van der Waals surface area contributed by atoms with Crippen LogP contribution in [0.25, 0.3) is 0 Å². The van der Waals surface area contributed by atoms with Gasteiger partial charge in [-0.05, 0) is 24.3 Å². The van der Waals surface area contributed by atoms with Gasteiger partial charge < -0.3 is 0 Å². The van der Waals surface area contributed by atoms with E-state index in [0.29, 0.717) is 31.5 Å². The molecular formula is C12H14O2S. The zero-order valence-corrected chi connectivity index (χ0v) is 9.60. The Hall–Kier alpha value is -0.960. The van der Waals surface area contributed by atoms with Crippen molar-refractivity contribution in [1.82, 2.24) is 0 Å². The highest BCUT2D eigenvalue weighted by atomic mass is 32.1. The van der Waals surface area contributed by atoms with Gasteiger partial charge in [0.05, 0.1) is 4.88 Å². The first-order valence-corrected chi connectivity index (χ1v) is 6.10. The Balaban J connectivity index is 2.16. The predicted octanol–water partition coefficient (Wildman–Crippen LogP) is 3.08. The van der Waals surface area contributed by atoms with E-state index >= 15 is 0 Å². The van der Waals surface area contributed by atoms with E-state index < -0.39 is 0 Å². The predicted molar refractivity (Wildman–Crippen MR) is 60.2 cm³/mol. The third kappa shape index (κ3) is 2.02. The van der Waals surface area contributed by atoms with Crippen LogP contribution in [-0.2, 0) is 4.79 Å². The Kier molecular flexibility index (Phi) is 2.74. The van der Waals surface area contributed by atoms with Gasteiger partial charge in [0.2, 0.25) is 0 Å². The van der Waals surface area contributed by atoms with Crippen molar-refractivity contribution in [2.45, 2.75) is 32.6 Å². The number of rotatable bonds is 2. The van der Waals surface area contributed by atoms with Gasteiger partial charge in [0.1, 0.15) is 5.78 Å². The molecule has 1 heterocycles. The highest BCUT2D eigenvalue weighted by Crippen LogP contribution is 2.38. The lowest BCUT2D eigenvalue weighted by molar-refractivity contribution is -0.121. The van der Waals surface area contributed by atoms with Gasteiger partial charge in [-0.3, -0.25) is 9.59 Å². The average molecular weight is 222 g/mol. The molecule has 15 heavy (non-hydrogen) atoms. The summed E-state index contributed by atoms with van der Waals surface area (Å²) in [4.78, 5) is 24.2. The summed E-state index contributed by atoms with van der Waals surface area (Å²) in [6.07, 6.45) is 2.55. The molecule has 0 amide bonds. The quantitative estimate of drug-likeness (QED) is 0.721. The Bertz CT molecular complexity index is 368. The molecule has 0 spiro atoms. The van der Waals surface area contributed by atoms with Gasteiger partial charge in [-0.1, -0.05) is 13.0 Å². The molecule has 0 unspecified atom stereocenters. The van der Waals surface area contributed by atoms with E-state index in [-0.39, 0.29) is 11.2 Å². The monoisotopic (exact) mass is 222 g/mol. The van der Waals surface area contributed by atoms with E-state index in [0.717, 1.165) is 4.88 Å². The Morgan fingerprint density at radius 1 is 1.40 bits per heavy atom. The molecular weight excluding hydrogens is 208 g/mol. The molecule has 1 aliphatic rings. The number of hydrogen-bond donors (Lipinski definition) is 0. The lowest BCUT2D eigenvalue weighted by Crippen LogP contribution is -2.32. The van der Waals surface area contributed by atoms with Crippen LogP contribution < -0.4 is 0 Å². The van der Waals surface area contributed by atoms with Gasteiger partial charge in [-0.25, -0.2) is 0 Å². The highest BCUT2D eigenvalue weighted by molar-refractivity contribution is 7.12. The van der Waals surface area contributed by atoms with Crippen LogP contribution in [0.5, 0.6) is 0 Å². The normalized spacial score (nSPS) is 20.2. The summed E-state index contributed by atoms with van der Waals surface area (Å²) in [7, 11) is 0. The number of ketones is 2. The van der Waals surface area contributed by atoms with Crippen molar-refractivity contribution in [1.29, 1.82) is 0 Å². The lowest BCUT2D eigenvalue weighted by atomic mass is 9.72. The average Bonchev–Trinajstić information content (AvgIpc) is 2.75. The van der Waals surface area contributed by atoms with Crippen molar-refractivity contribution >= 4 is 22.9 Å². The number of thiophene rings is 1. The molecule has 0 radical (unpaired) electrons. The molecule has 0 N–H and O–H groups in total. The molecule has 1 aromatic rings. The fourth-order valence-electron chi connectivity index (χ4n) is 2.01. The number of carbonyl (C=O) groups is 2. The standard InChI is InChI=1S/C12H14O2S/c1-12(6-4-9(13)5-7-12)11(14)10-3-2-8-15-10/h2-3,8H,4-7H2,1H3. The third-order valence-electron chi connectivity index (χ3n) is 3.20. The van der Waals surface area contributed by atoms with Crippen molar-refractivity contribution < 1.29 is 9.59 Å². The molecule has 1 saturated carbocycles. The fraction of sp³-hybridized carbons (Fsp3) is 0.500. The van der Waals surface area contributed by atoms with Crippen molar-refractivity contribution in [3.05, 3.63) is 22.4 Å². The van der Waals surface area contributed by atoms with Crippen molar-refractivity contribution in [3.8, 4) is 0 Å². The first-order valence-electron chi connectivity index (χ1n) is 5.22. The van der Waals surface area contributed by atoms with E-state index in [2.05, 4.69) is 0 Å². The zero-order chi connectivity index (χ0) is 10.9. The smallest absolute Gasteiger partial charge is 0.178 e. The summed E-state index contributed by atoms with van der Waals surface area (Å²) in [5.74, 6) is 0.511. The first kappa shape index (κ1) is 10.6. The maximum Gasteiger partial charge on any atom is 0.178 e. The van der Waals surface area contributed by atoms with Gasteiger partial charge in [0.15, 0.2) is 5.78 Å². The van der Waals surface area contributed by atoms with Crippen LogP contribution in [0.1, 0.15) is 42.3 Å². The second kappa shape index (κ2) is 3.89. The Labute approximate surface area is 93.3 Å². The summed E-state index contributed by atoms with van der Waals surface area (Å²) in [5, 5.41) is 1.92. The number of carbonyl (C=O) groups excluding carboxylic acids is 2. The molecule has 0 aromatic carbocycles. The van der Waals surface area contributed by atoms with E-state index in [9.17, 15) is 9.59 Å².